The van der Waals surface area contributed by atoms with Crippen LogP contribution in [-0.2, 0) is 21.1 Å². The van der Waals surface area contributed by atoms with E-state index in [1.165, 1.54) is 0 Å². The highest BCUT2D eigenvalue weighted by Crippen LogP contribution is 2.22. The first-order valence-electron chi connectivity index (χ1n) is 10.4. The number of amides is 2. The Labute approximate surface area is 175 Å². The SMILES string of the molecule is Cc1cc(C(=O)NC(C)C)ccc1CC(=O)N1CCC(CS(=O)(=O)C(C)C)CC1. The van der Waals surface area contributed by atoms with Crippen LogP contribution in [0, 0.1) is 12.8 Å². The van der Waals surface area contributed by atoms with E-state index in [-0.39, 0.29) is 34.8 Å². The molecule has 7 heteroatoms. The van der Waals surface area contributed by atoms with E-state index in [2.05, 4.69) is 5.32 Å². The molecule has 1 saturated heterocycles. The Morgan fingerprint density at radius 1 is 1.14 bits per heavy atom. The van der Waals surface area contributed by atoms with E-state index in [0.717, 1.165) is 24.0 Å². The number of hydrogen-bond donors (Lipinski definition) is 1. The van der Waals surface area contributed by atoms with Gasteiger partial charge < -0.3 is 10.2 Å². The van der Waals surface area contributed by atoms with E-state index in [1.807, 2.05) is 37.8 Å². The Bertz CT molecular complexity index is 838. The molecular weight excluding hydrogens is 388 g/mol. The summed E-state index contributed by atoms with van der Waals surface area (Å²) in [5, 5.41) is 2.52. The third-order valence-corrected chi connectivity index (χ3v) is 7.89. The zero-order chi connectivity index (χ0) is 21.8. The minimum atomic E-state index is -3.04. The van der Waals surface area contributed by atoms with Crippen molar-refractivity contribution >= 4 is 21.7 Å². The third kappa shape index (κ3) is 6.56. The molecule has 1 aliphatic heterocycles. The molecule has 0 unspecified atom stereocenters. The summed E-state index contributed by atoms with van der Waals surface area (Å²) < 4.78 is 24.2. The molecule has 6 nitrogen and oxygen atoms in total. The fourth-order valence-electron chi connectivity index (χ4n) is 3.53. The van der Waals surface area contributed by atoms with Crippen LogP contribution >= 0.6 is 0 Å². The molecule has 1 aromatic carbocycles. The first-order chi connectivity index (χ1) is 13.5. The predicted octanol–water partition coefficient (Wildman–Crippen LogP) is 2.74. The summed E-state index contributed by atoms with van der Waals surface area (Å²) in [5.74, 6) is 0.287. The van der Waals surface area contributed by atoms with Crippen LogP contribution in [0.1, 0.15) is 62.0 Å². The summed E-state index contributed by atoms with van der Waals surface area (Å²) in [5.41, 5.74) is 2.44. The maximum absolute atomic E-state index is 12.7. The maximum Gasteiger partial charge on any atom is 0.251 e. The van der Waals surface area contributed by atoms with Crippen LogP contribution in [0.2, 0.25) is 0 Å². The van der Waals surface area contributed by atoms with Crippen molar-refractivity contribution in [2.45, 2.75) is 65.2 Å². The monoisotopic (exact) mass is 422 g/mol. The molecule has 0 saturated carbocycles. The number of nitrogens with one attached hydrogen (secondary N) is 1. The molecule has 2 rings (SSSR count). The van der Waals surface area contributed by atoms with Gasteiger partial charge in [-0.3, -0.25) is 9.59 Å². The van der Waals surface area contributed by atoms with Gasteiger partial charge in [0, 0.05) is 24.7 Å². The lowest BCUT2D eigenvalue weighted by Crippen LogP contribution is -2.41. The molecular formula is C22H34N2O4S. The van der Waals surface area contributed by atoms with Crippen molar-refractivity contribution in [3.05, 3.63) is 34.9 Å². The molecule has 2 amide bonds. The van der Waals surface area contributed by atoms with Crippen molar-refractivity contribution in [3.8, 4) is 0 Å². The molecule has 0 aliphatic carbocycles. The second kappa shape index (κ2) is 9.74. The van der Waals surface area contributed by atoms with E-state index in [0.29, 0.717) is 25.1 Å². The second-order valence-corrected chi connectivity index (χ2v) is 11.3. The smallest absolute Gasteiger partial charge is 0.251 e. The standard InChI is InChI=1S/C22H34N2O4S/c1-15(2)23-22(26)20-7-6-19(17(5)12-20)13-21(25)24-10-8-18(9-11-24)14-29(27,28)16(3)4/h6-7,12,15-16,18H,8-11,13-14H2,1-5H3,(H,23,26). The molecule has 1 fully saturated rings. The van der Waals surface area contributed by atoms with Gasteiger partial charge in [0.25, 0.3) is 5.91 Å². The minimum absolute atomic E-state index is 0.0534. The number of carbonyl (C=O) groups is 2. The molecule has 0 aromatic heterocycles. The van der Waals surface area contributed by atoms with E-state index < -0.39 is 9.84 Å². The van der Waals surface area contributed by atoms with Crippen molar-refractivity contribution in [1.82, 2.24) is 10.2 Å². The van der Waals surface area contributed by atoms with Crippen molar-refractivity contribution < 1.29 is 18.0 Å². The highest BCUT2D eigenvalue weighted by Gasteiger charge is 2.28. The van der Waals surface area contributed by atoms with Crippen molar-refractivity contribution in [2.24, 2.45) is 5.92 Å². The van der Waals surface area contributed by atoms with Gasteiger partial charge in [0.2, 0.25) is 5.91 Å². The van der Waals surface area contributed by atoms with Gasteiger partial charge in [-0.2, -0.15) is 0 Å². The number of likely N-dealkylation sites (tertiary alicyclic amines) is 1. The van der Waals surface area contributed by atoms with Gasteiger partial charge in [-0.25, -0.2) is 8.42 Å². The zero-order valence-electron chi connectivity index (χ0n) is 18.2. The number of aryl methyl sites for hydroxylation is 1. The largest absolute Gasteiger partial charge is 0.350 e. The first-order valence-corrected chi connectivity index (χ1v) is 12.1. The van der Waals surface area contributed by atoms with Crippen molar-refractivity contribution in [2.75, 3.05) is 18.8 Å². The Morgan fingerprint density at radius 3 is 2.28 bits per heavy atom. The van der Waals surface area contributed by atoms with Gasteiger partial charge >= 0.3 is 0 Å². The quantitative estimate of drug-likeness (QED) is 0.732. The van der Waals surface area contributed by atoms with E-state index >= 15 is 0 Å². The second-order valence-electron chi connectivity index (χ2n) is 8.65. The van der Waals surface area contributed by atoms with Crippen LogP contribution in [0.5, 0.6) is 0 Å². The Morgan fingerprint density at radius 2 is 1.76 bits per heavy atom. The fraction of sp³-hybridized carbons (Fsp3) is 0.636. The van der Waals surface area contributed by atoms with Gasteiger partial charge in [0.1, 0.15) is 0 Å². The summed E-state index contributed by atoms with van der Waals surface area (Å²) in [6.45, 7) is 10.4. The number of carbonyl (C=O) groups excluding carboxylic acids is 2. The first kappa shape index (κ1) is 23.4. The van der Waals surface area contributed by atoms with Crippen LogP contribution in [-0.4, -0.2) is 55.3 Å². The lowest BCUT2D eigenvalue weighted by Gasteiger charge is -2.32. The minimum Gasteiger partial charge on any atom is -0.350 e. The lowest BCUT2D eigenvalue weighted by atomic mass is 9.97. The highest BCUT2D eigenvalue weighted by molar-refractivity contribution is 7.91. The molecule has 1 aromatic rings. The number of piperidine rings is 1. The predicted molar refractivity (Wildman–Crippen MR) is 116 cm³/mol. The van der Waals surface area contributed by atoms with Crippen LogP contribution in [0.3, 0.4) is 0 Å². The van der Waals surface area contributed by atoms with Gasteiger partial charge in [0.05, 0.1) is 17.4 Å². The highest BCUT2D eigenvalue weighted by atomic mass is 32.2. The maximum atomic E-state index is 12.7. The topological polar surface area (TPSA) is 83.6 Å². The summed E-state index contributed by atoms with van der Waals surface area (Å²) in [6, 6.07) is 5.51. The molecule has 0 radical (unpaired) electrons. The fourth-order valence-corrected chi connectivity index (χ4v) is 4.90. The van der Waals surface area contributed by atoms with Gasteiger partial charge in [-0.15, -0.1) is 0 Å². The van der Waals surface area contributed by atoms with Crippen LogP contribution in [0.4, 0.5) is 0 Å². The van der Waals surface area contributed by atoms with E-state index in [4.69, 9.17) is 0 Å². The third-order valence-electron chi connectivity index (χ3n) is 5.52. The summed E-state index contributed by atoms with van der Waals surface area (Å²) in [4.78, 5) is 26.7. The molecule has 162 valence electrons. The van der Waals surface area contributed by atoms with Gasteiger partial charge in [-0.05, 0) is 76.6 Å². The number of nitrogens with zero attached hydrogens (tertiary/aromatic N) is 1. The molecule has 0 atom stereocenters. The summed E-state index contributed by atoms with van der Waals surface area (Å²) in [7, 11) is -3.04. The van der Waals surface area contributed by atoms with Gasteiger partial charge in [0.15, 0.2) is 9.84 Å². The average molecular weight is 423 g/mol. The van der Waals surface area contributed by atoms with Crippen LogP contribution < -0.4 is 5.32 Å². The number of benzene rings is 1. The average Bonchev–Trinajstić information content (AvgIpc) is 2.62. The summed E-state index contributed by atoms with van der Waals surface area (Å²) in [6.07, 6.45) is 1.75. The molecule has 1 heterocycles. The number of hydrogen-bond acceptors (Lipinski definition) is 4. The molecule has 0 spiro atoms. The summed E-state index contributed by atoms with van der Waals surface area (Å²) >= 11 is 0. The van der Waals surface area contributed by atoms with Crippen molar-refractivity contribution in [1.29, 1.82) is 0 Å². The Hall–Kier alpha value is -1.89. The molecule has 29 heavy (non-hydrogen) atoms. The Kier molecular flexibility index (Phi) is 7.86. The normalized spacial score (nSPS) is 15.8. The number of sulfone groups is 1. The Balaban J connectivity index is 1.92. The van der Waals surface area contributed by atoms with Gasteiger partial charge in [-0.1, -0.05) is 6.07 Å². The van der Waals surface area contributed by atoms with Crippen LogP contribution in [0.15, 0.2) is 18.2 Å². The number of rotatable bonds is 7. The molecule has 1 N–H and O–H groups in total. The zero-order valence-corrected chi connectivity index (χ0v) is 19.0. The molecule has 1 aliphatic rings. The molecule has 0 bridgehead atoms. The lowest BCUT2D eigenvalue weighted by molar-refractivity contribution is -0.131. The van der Waals surface area contributed by atoms with Crippen molar-refractivity contribution in [3.63, 3.8) is 0 Å². The van der Waals surface area contributed by atoms with Crippen LogP contribution in [0.25, 0.3) is 0 Å². The van der Waals surface area contributed by atoms with E-state index in [9.17, 15) is 18.0 Å². The van der Waals surface area contributed by atoms with E-state index in [1.54, 1.807) is 19.9 Å².